The molecule has 1 aliphatic heterocycles. The van der Waals surface area contributed by atoms with Gasteiger partial charge in [-0.25, -0.2) is 5.01 Å². The number of hydrazine groups is 1. The topological polar surface area (TPSA) is 32.8 Å². The Balaban J connectivity index is 1.65. The summed E-state index contributed by atoms with van der Waals surface area (Å²) in [6, 6.07) is 28.1. The zero-order chi connectivity index (χ0) is 22.2. The molecule has 0 aliphatic carbocycles. The van der Waals surface area contributed by atoms with E-state index in [0.717, 1.165) is 37.1 Å². The normalized spacial score (nSPS) is 17.3. The summed E-state index contributed by atoms with van der Waals surface area (Å²) in [7, 11) is 1.64. The Labute approximate surface area is 190 Å². The summed E-state index contributed by atoms with van der Waals surface area (Å²) in [6.45, 7) is 1.53. The molecule has 0 unspecified atom stereocenters. The molecule has 1 atom stereocenters. The van der Waals surface area contributed by atoms with Crippen LogP contribution in [0.25, 0.3) is 6.08 Å². The maximum Gasteiger partial charge on any atom is 0.268 e. The number of amides is 1. The van der Waals surface area contributed by atoms with Crippen LogP contribution < -0.4 is 4.74 Å². The molecule has 0 saturated carbocycles. The average Bonchev–Trinajstić information content (AvgIpc) is 3.07. The molecular formula is C28H30N2O2. The predicted molar refractivity (Wildman–Crippen MR) is 129 cm³/mol. The largest absolute Gasteiger partial charge is 0.497 e. The SMILES string of the molecule is COc1ccc(C(=O)N2[C@@H](c3ccccc3)CCCCN2C/C=C/c2ccccc2)cc1. The molecule has 1 fully saturated rings. The second-order valence-electron chi connectivity index (χ2n) is 8.03. The van der Waals surface area contributed by atoms with Gasteiger partial charge in [0.25, 0.3) is 5.91 Å². The molecule has 1 heterocycles. The molecule has 32 heavy (non-hydrogen) atoms. The second kappa shape index (κ2) is 10.8. The molecule has 1 amide bonds. The van der Waals surface area contributed by atoms with Crippen molar-refractivity contribution in [3.8, 4) is 5.75 Å². The van der Waals surface area contributed by atoms with E-state index < -0.39 is 0 Å². The molecular weight excluding hydrogens is 396 g/mol. The van der Waals surface area contributed by atoms with Gasteiger partial charge in [0.05, 0.1) is 13.2 Å². The Morgan fingerprint density at radius 2 is 1.62 bits per heavy atom. The van der Waals surface area contributed by atoms with Crippen LogP contribution in [0, 0.1) is 0 Å². The number of benzene rings is 3. The van der Waals surface area contributed by atoms with Gasteiger partial charge in [0.2, 0.25) is 0 Å². The van der Waals surface area contributed by atoms with Crippen molar-refractivity contribution in [2.75, 3.05) is 20.2 Å². The lowest BCUT2D eigenvalue weighted by Gasteiger charge is -2.38. The molecule has 4 nitrogen and oxygen atoms in total. The Hall–Kier alpha value is -3.37. The number of ether oxygens (including phenoxy) is 1. The third-order valence-corrected chi connectivity index (χ3v) is 5.90. The average molecular weight is 427 g/mol. The van der Waals surface area contributed by atoms with Gasteiger partial charge in [-0.15, -0.1) is 0 Å². The van der Waals surface area contributed by atoms with Gasteiger partial charge in [0.15, 0.2) is 0 Å². The van der Waals surface area contributed by atoms with Gasteiger partial charge in [-0.05, 0) is 54.7 Å². The van der Waals surface area contributed by atoms with Crippen LogP contribution in [-0.2, 0) is 0 Å². The monoisotopic (exact) mass is 426 g/mol. The minimum absolute atomic E-state index is 0.0124. The van der Waals surface area contributed by atoms with Gasteiger partial charge < -0.3 is 4.74 Å². The van der Waals surface area contributed by atoms with Crippen molar-refractivity contribution in [1.82, 2.24) is 10.0 Å². The molecule has 1 saturated heterocycles. The molecule has 0 N–H and O–H groups in total. The molecule has 0 spiro atoms. The highest BCUT2D eigenvalue weighted by Gasteiger charge is 2.32. The number of hydrogen-bond acceptors (Lipinski definition) is 3. The standard InChI is InChI=1S/C28H30N2O2/c1-32-26-19-17-25(18-20-26)28(31)30-27(24-14-6-3-7-15-24)16-8-9-21-29(30)22-10-13-23-11-4-2-5-12-23/h2-7,10-15,17-20,27H,8-9,16,21-22H2,1H3/b13-10+/t27-/m1/s1. The number of nitrogens with zero attached hydrogens (tertiary/aromatic N) is 2. The van der Waals surface area contributed by atoms with Crippen LogP contribution in [0.2, 0.25) is 0 Å². The number of rotatable bonds is 6. The van der Waals surface area contributed by atoms with Crippen molar-refractivity contribution in [2.45, 2.75) is 25.3 Å². The molecule has 3 aromatic rings. The van der Waals surface area contributed by atoms with Crippen LogP contribution in [0.15, 0.2) is 91.0 Å². The van der Waals surface area contributed by atoms with Crippen LogP contribution in [0.3, 0.4) is 0 Å². The third-order valence-electron chi connectivity index (χ3n) is 5.90. The lowest BCUT2D eigenvalue weighted by molar-refractivity contribution is -0.0238. The Morgan fingerprint density at radius 1 is 0.938 bits per heavy atom. The summed E-state index contributed by atoms with van der Waals surface area (Å²) in [5.74, 6) is 0.774. The second-order valence-corrected chi connectivity index (χ2v) is 8.03. The first kappa shape index (κ1) is 21.8. The molecule has 4 heteroatoms. The van der Waals surface area contributed by atoms with Crippen LogP contribution >= 0.6 is 0 Å². The summed E-state index contributed by atoms with van der Waals surface area (Å²) in [4.78, 5) is 13.8. The van der Waals surface area contributed by atoms with Crippen LogP contribution in [0.1, 0.15) is 46.8 Å². The highest BCUT2D eigenvalue weighted by molar-refractivity contribution is 5.94. The molecule has 0 bridgehead atoms. The van der Waals surface area contributed by atoms with Crippen molar-refractivity contribution in [2.24, 2.45) is 0 Å². The molecule has 0 aromatic heterocycles. The number of methoxy groups -OCH3 is 1. The van der Waals surface area contributed by atoms with Crippen LogP contribution in [0.4, 0.5) is 0 Å². The van der Waals surface area contributed by atoms with E-state index >= 15 is 0 Å². The first-order valence-electron chi connectivity index (χ1n) is 11.3. The van der Waals surface area contributed by atoms with E-state index in [-0.39, 0.29) is 11.9 Å². The molecule has 1 aliphatic rings. The lowest BCUT2D eigenvalue weighted by Crippen LogP contribution is -2.48. The van der Waals surface area contributed by atoms with Crippen molar-refractivity contribution in [3.05, 3.63) is 108 Å². The first-order valence-corrected chi connectivity index (χ1v) is 11.3. The Kier molecular flexibility index (Phi) is 7.36. The van der Waals surface area contributed by atoms with E-state index in [4.69, 9.17) is 4.74 Å². The van der Waals surface area contributed by atoms with E-state index in [2.05, 4.69) is 53.6 Å². The van der Waals surface area contributed by atoms with Crippen molar-refractivity contribution < 1.29 is 9.53 Å². The summed E-state index contributed by atoms with van der Waals surface area (Å²) in [5, 5.41) is 4.19. The Morgan fingerprint density at radius 3 is 2.31 bits per heavy atom. The van der Waals surface area contributed by atoms with E-state index in [1.807, 2.05) is 53.5 Å². The maximum atomic E-state index is 13.8. The van der Waals surface area contributed by atoms with Crippen molar-refractivity contribution in [1.29, 1.82) is 0 Å². The fourth-order valence-corrected chi connectivity index (χ4v) is 4.23. The number of carbonyl (C=O) groups is 1. The fourth-order valence-electron chi connectivity index (χ4n) is 4.23. The zero-order valence-corrected chi connectivity index (χ0v) is 18.6. The minimum Gasteiger partial charge on any atom is -0.497 e. The lowest BCUT2D eigenvalue weighted by atomic mass is 10.0. The zero-order valence-electron chi connectivity index (χ0n) is 18.6. The molecule has 3 aromatic carbocycles. The summed E-state index contributed by atoms with van der Waals surface area (Å²) < 4.78 is 5.28. The fraction of sp³-hybridized carbons (Fsp3) is 0.250. The van der Waals surface area contributed by atoms with Gasteiger partial charge in [-0.1, -0.05) is 72.8 Å². The highest BCUT2D eigenvalue weighted by Crippen LogP contribution is 2.32. The third kappa shape index (κ3) is 5.27. The molecule has 4 rings (SSSR count). The van der Waals surface area contributed by atoms with Crippen LogP contribution in [-0.4, -0.2) is 36.1 Å². The van der Waals surface area contributed by atoms with Gasteiger partial charge in [0.1, 0.15) is 5.75 Å². The minimum atomic E-state index is 0.0124. The molecule has 164 valence electrons. The van der Waals surface area contributed by atoms with E-state index in [1.54, 1.807) is 7.11 Å². The quantitative estimate of drug-likeness (QED) is 0.485. The van der Waals surface area contributed by atoms with Crippen molar-refractivity contribution >= 4 is 12.0 Å². The number of carbonyl (C=O) groups excluding carboxylic acids is 1. The van der Waals surface area contributed by atoms with Crippen molar-refractivity contribution in [3.63, 3.8) is 0 Å². The number of hydrogen-bond donors (Lipinski definition) is 0. The van der Waals surface area contributed by atoms with Gasteiger partial charge in [0, 0.05) is 18.7 Å². The Bertz CT molecular complexity index is 1020. The van der Waals surface area contributed by atoms with E-state index in [1.165, 1.54) is 5.56 Å². The first-order chi connectivity index (χ1) is 15.8. The van der Waals surface area contributed by atoms with E-state index in [0.29, 0.717) is 12.1 Å². The predicted octanol–water partition coefficient (Wildman–Crippen LogP) is 5.99. The van der Waals surface area contributed by atoms with Gasteiger partial charge >= 0.3 is 0 Å². The van der Waals surface area contributed by atoms with Gasteiger partial charge in [-0.2, -0.15) is 0 Å². The molecule has 0 radical (unpaired) electrons. The maximum absolute atomic E-state index is 13.8. The summed E-state index contributed by atoms with van der Waals surface area (Å²) in [6.07, 6.45) is 7.38. The van der Waals surface area contributed by atoms with Crippen LogP contribution in [0.5, 0.6) is 5.75 Å². The highest BCUT2D eigenvalue weighted by atomic mass is 16.5. The summed E-state index contributed by atoms with van der Waals surface area (Å²) >= 11 is 0. The van der Waals surface area contributed by atoms with E-state index in [9.17, 15) is 4.79 Å². The summed E-state index contributed by atoms with van der Waals surface area (Å²) in [5.41, 5.74) is 3.01. The van der Waals surface area contributed by atoms with Gasteiger partial charge in [-0.3, -0.25) is 9.80 Å². The smallest absolute Gasteiger partial charge is 0.268 e.